The van der Waals surface area contributed by atoms with Crippen LogP contribution in [-0.4, -0.2) is 167 Å². The second-order valence-electron chi connectivity index (χ2n) is 18.2. The van der Waals surface area contributed by atoms with Crippen molar-refractivity contribution in [2.45, 2.75) is 159 Å². The van der Waals surface area contributed by atoms with E-state index < -0.39 is 36.0 Å². The first-order chi connectivity index (χ1) is 35.7. The molecule has 1 rings (SSSR count). The predicted octanol–water partition coefficient (Wildman–Crippen LogP) is 2.80. The minimum atomic E-state index is -1.19. The van der Waals surface area contributed by atoms with Crippen molar-refractivity contribution >= 4 is 47.3 Å². The Bertz CT molecular complexity index is 1720. The first kappa shape index (κ1) is 66.8. The van der Waals surface area contributed by atoms with Gasteiger partial charge in [0.15, 0.2) is 5.78 Å². The Balaban J connectivity index is 1.95. The van der Waals surface area contributed by atoms with Crippen LogP contribution in [0.1, 0.15) is 140 Å². The van der Waals surface area contributed by atoms with Gasteiger partial charge in [-0.3, -0.25) is 38.9 Å². The first-order valence-corrected chi connectivity index (χ1v) is 26.6. The summed E-state index contributed by atoms with van der Waals surface area (Å²) in [6.45, 7) is 1.61. The smallest absolute Gasteiger partial charge is 0.326 e. The summed E-state index contributed by atoms with van der Waals surface area (Å²) in [7, 11) is 1.68. The average Bonchev–Trinajstić information content (AvgIpc) is 3.36. The van der Waals surface area contributed by atoms with Gasteiger partial charge in [0.05, 0.1) is 58.3 Å². The SMILES string of the molecule is CN[C@@H](CCCCNC(=O)COCCOCCNC(=O)COCCOCCNC(=O)CC[C@@H](NC(=O)CCCCCCCCCCCCCCCCC(=O)O)C(=O)O)C(=O)CN[C@@H](Cc1ccc(O)cc1)C(N)=O. The number of hydrogen-bond donors (Lipinski definition) is 10. The molecule has 422 valence electrons. The number of carboxylic acids is 2. The molecule has 11 N–H and O–H groups in total. The quantitative estimate of drug-likeness (QED) is 0.0420. The molecule has 22 heteroatoms. The largest absolute Gasteiger partial charge is 0.508 e. The number of Topliss-reactive ketones (excluding diaryl/α,β-unsaturated/α-hetero) is 1. The van der Waals surface area contributed by atoms with E-state index in [-0.39, 0.29) is 140 Å². The van der Waals surface area contributed by atoms with Crippen molar-refractivity contribution in [3.63, 3.8) is 0 Å². The summed E-state index contributed by atoms with van der Waals surface area (Å²) in [6.07, 6.45) is 17.5. The monoisotopic (exact) mass is 1050 g/mol. The molecule has 0 unspecified atom stereocenters. The number of carbonyl (C=O) groups is 8. The molecular weight excluding hydrogens is 963 g/mol. The normalized spacial score (nSPS) is 12.3. The van der Waals surface area contributed by atoms with Gasteiger partial charge in [0.1, 0.15) is 25.0 Å². The van der Waals surface area contributed by atoms with Crippen LogP contribution in [0.5, 0.6) is 5.75 Å². The van der Waals surface area contributed by atoms with Crippen LogP contribution in [0.3, 0.4) is 0 Å². The van der Waals surface area contributed by atoms with Crippen molar-refractivity contribution in [3.05, 3.63) is 29.8 Å². The molecular formula is C52H89N7O15. The van der Waals surface area contributed by atoms with Gasteiger partial charge in [0, 0.05) is 38.9 Å². The van der Waals surface area contributed by atoms with Crippen molar-refractivity contribution in [1.82, 2.24) is 31.9 Å². The zero-order valence-electron chi connectivity index (χ0n) is 43.9. The minimum Gasteiger partial charge on any atom is -0.508 e. The molecule has 1 aromatic rings. The highest BCUT2D eigenvalue weighted by atomic mass is 16.5. The Hall–Kier alpha value is -5.26. The molecule has 0 radical (unpaired) electrons. The summed E-state index contributed by atoms with van der Waals surface area (Å²) in [6, 6.07) is 4.06. The highest BCUT2D eigenvalue weighted by molar-refractivity contribution is 5.87. The Labute approximate surface area is 437 Å². The molecule has 0 saturated heterocycles. The molecule has 0 saturated carbocycles. The molecule has 0 aliphatic rings. The summed E-state index contributed by atoms with van der Waals surface area (Å²) in [5, 5.41) is 44.2. The number of phenolic OH excluding ortho intramolecular Hbond substituents is 1. The van der Waals surface area contributed by atoms with Crippen molar-refractivity contribution < 1.29 is 72.6 Å². The maximum atomic E-state index is 12.8. The molecule has 0 heterocycles. The number of phenols is 1. The van der Waals surface area contributed by atoms with E-state index in [1.165, 1.54) is 50.7 Å². The lowest BCUT2D eigenvalue weighted by molar-refractivity contribution is -0.142. The zero-order chi connectivity index (χ0) is 54.4. The molecule has 74 heavy (non-hydrogen) atoms. The second kappa shape index (κ2) is 45.2. The fourth-order valence-electron chi connectivity index (χ4n) is 7.62. The van der Waals surface area contributed by atoms with Gasteiger partial charge in [-0.2, -0.15) is 0 Å². The van der Waals surface area contributed by atoms with Crippen LogP contribution in [0.4, 0.5) is 0 Å². The number of benzene rings is 1. The Kier molecular flexibility index (Phi) is 40.7. The van der Waals surface area contributed by atoms with Gasteiger partial charge in [-0.15, -0.1) is 0 Å². The number of ether oxygens (including phenoxy) is 4. The number of hydrogen-bond acceptors (Lipinski definition) is 15. The highest BCUT2D eigenvalue weighted by Gasteiger charge is 2.22. The van der Waals surface area contributed by atoms with Crippen LogP contribution < -0.4 is 37.6 Å². The number of carboxylic acid groups (broad SMARTS) is 2. The second-order valence-corrected chi connectivity index (χ2v) is 18.2. The number of unbranched alkanes of at least 4 members (excludes halogenated alkanes) is 14. The Morgan fingerprint density at radius 1 is 0.514 bits per heavy atom. The summed E-state index contributed by atoms with van der Waals surface area (Å²) in [4.78, 5) is 95.7. The molecule has 0 spiro atoms. The van der Waals surface area contributed by atoms with Crippen molar-refractivity contribution in [2.75, 3.05) is 86.1 Å². The van der Waals surface area contributed by atoms with E-state index in [4.69, 9.17) is 29.8 Å². The molecule has 0 fully saturated rings. The minimum absolute atomic E-state index is 0.0389. The number of carbonyl (C=O) groups excluding carboxylic acids is 6. The van der Waals surface area contributed by atoms with E-state index in [1.54, 1.807) is 19.2 Å². The summed E-state index contributed by atoms with van der Waals surface area (Å²) in [5.74, 6) is -3.83. The molecule has 0 aliphatic heterocycles. The molecule has 3 atom stereocenters. The third kappa shape index (κ3) is 39.2. The maximum Gasteiger partial charge on any atom is 0.326 e. The lowest BCUT2D eigenvalue weighted by atomic mass is 10.0. The van der Waals surface area contributed by atoms with Crippen LogP contribution in [0, 0.1) is 0 Å². The number of rotatable bonds is 51. The lowest BCUT2D eigenvalue weighted by Gasteiger charge is -2.19. The Morgan fingerprint density at radius 2 is 1.00 bits per heavy atom. The van der Waals surface area contributed by atoms with Crippen LogP contribution in [0.25, 0.3) is 0 Å². The number of likely N-dealkylation sites (N-methyl/N-ethyl adjacent to an activating group) is 1. The Morgan fingerprint density at radius 3 is 1.50 bits per heavy atom. The van der Waals surface area contributed by atoms with Crippen LogP contribution in [-0.2, 0) is 63.7 Å². The van der Waals surface area contributed by atoms with E-state index >= 15 is 0 Å². The van der Waals surface area contributed by atoms with E-state index in [2.05, 4.69) is 31.9 Å². The van der Waals surface area contributed by atoms with Gasteiger partial charge in [-0.1, -0.05) is 89.2 Å². The van der Waals surface area contributed by atoms with Crippen LogP contribution in [0.2, 0.25) is 0 Å². The van der Waals surface area contributed by atoms with Crippen LogP contribution >= 0.6 is 0 Å². The van der Waals surface area contributed by atoms with Gasteiger partial charge < -0.3 is 66.6 Å². The lowest BCUT2D eigenvalue weighted by Crippen LogP contribution is -2.48. The average molecular weight is 1050 g/mol. The first-order valence-electron chi connectivity index (χ1n) is 26.6. The van der Waals surface area contributed by atoms with Crippen LogP contribution in [0.15, 0.2) is 24.3 Å². The maximum absolute atomic E-state index is 12.8. The predicted molar refractivity (Wildman–Crippen MR) is 277 cm³/mol. The van der Waals surface area contributed by atoms with Gasteiger partial charge in [-0.05, 0) is 69.7 Å². The molecule has 22 nitrogen and oxygen atoms in total. The molecule has 5 amide bonds. The number of amides is 5. The van der Waals surface area contributed by atoms with Gasteiger partial charge in [-0.25, -0.2) is 4.79 Å². The topological polar surface area (TPSA) is 332 Å². The van der Waals surface area contributed by atoms with Gasteiger partial charge in [0.2, 0.25) is 29.5 Å². The van der Waals surface area contributed by atoms with E-state index in [1.807, 2.05) is 0 Å². The zero-order valence-corrected chi connectivity index (χ0v) is 43.9. The number of nitrogens with two attached hydrogens (primary N) is 1. The fourth-order valence-corrected chi connectivity index (χ4v) is 7.62. The third-order valence-electron chi connectivity index (χ3n) is 11.9. The molecule has 0 bridgehead atoms. The number of primary amides is 1. The number of nitrogens with one attached hydrogen (secondary N) is 6. The number of aromatic hydroxyl groups is 1. The molecule has 0 aliphatic carbocycles. The van der Waals surface area contributed by atoms with E-state index in [0.717, 1.165) is 50.5 Å². The summed E-state index contributed by atoms with van der Waals surface area (Å²) >= 11 is 0. The van der Waals surface area contributed by atoms with Crippen molar-refractivity contribution in [1.29, 1.82) is 0 Å². The molecule has 0 aromatic heterocycles. The standard InChI is InChI=1S/C52H89N7O15/c1-54-42(45(61)37-58-44(51(53)68)36-40-21-23-41(60)24-22-40)18-16-17-27-55-48(64)38-73-34-33-72-31-29-57-49(65)39-74-35-32-71-30-28-56-46(62)26-25-43(52(69)70)59-47(63)19-14-12-10-8-6-4-2-3-5-7-9-11-13-15-20-50(66)67/h21-24,42-44,54,58,60H,2-20,25-39H2,1H3,(H2,53,68)(H,55,64)(H,56,62)(H,57,65)(H,59,63)(H,66,67)(H,69,70)/t42-,43+,44-/m0/s1. The van der Waals surface area contributed by atoms with E-state index in [9.17, 15) is 48.6 Å². The third-order valence-corrected chi connectivity index (χ3v) is 11.9. The number of aliphatic carboxylic acids is 2. The van der Waals surface area contributed by atoms with E-state index in [0.29, 0.717) is 32.2 Å². The fraction of sp³-hybridized carbons (Fsp3) is 0.731. The highest BCUT2D eigenvalue weighted by Crippen LogP contribution is 2.15. The summed E-state index contributed by atoms with van der Waals surface area (Å²) in [5.41, 5.74) is 6.31. The van der Waals surface area contributed by atoms with Crippen molar-refractivity contribution in [2.24, 2.45) is 5.73 Å². The summed E-state index contributed by atoms with van der Waals surface area (Å²) < 4.78 is 21.5. The van der Waals surface area contributed by atoms with Gasteiger partial charge in [0.25, 0.3) is 0 Å². The van der Waals surface area contributed by atoms with Gasteiger partial charge >= 0.3 is 11.9 Å². The number of ketones is 1. The van der Waals surface area contributed by atoms with Crippen molar-refractivity contribution in [3.8, 4) is 5.75 Å². The molecule has 1 aromatic carbocycles.